The third-order valence-corrected chi connectivity index (χ3v) is 2.55. The number of carboxylic acid groups (broad SMARTS) is 2. The lowest BCUT2D eigenvalue weighted by molar-refractivity contribution is 0.0680. The van der Waals surface area contributed by atoms with Gasteiger partial charge in [0.25, 0.3) is 0 Å². The molecule has 0 heterocycles. The fourth-order valence-electron chi connectivity index (χ4n) is 1.62. The Morgan fingerprint density at radius 3 is 2.27 bits per heavy atom. The van der Waals surface area contributed by atoms with Crippen molar-refractivity contribution in [3.05, 3.63) is 34.9 Å². The normalized spacial score (nSPS) is 14.9. The second-order valence-corrected chi connectivity index (χ2v) is 3.69. The van der Waals surface area contributed by atoms with Crippen molar-refractivity contribution < 1.29 is 19.8 Å². The Hall–Kier alpha value is -1.84. The Kier molecular flexibility index (Phi) is 2.19. The van der Waals surface area contributed by atoms with Crippen LogP contribution < -0.4 is 0 Å². The second kappa shape index (κ2) is 3.38. The van der Waals surface area contributed by atoms with Crippen LogP contribution in [-0.2, 0) is 0 Å². The predicted octanol–water partition coefficient (Wildman–Crippen LogP) is 1.96. The molecular weight excluding hydrogens is 196 g/mol. The second-order valence-electron chi connectivity index (χ2n) is 3.69. The van der Waals surface area contributed by atoms with Gasteiger partial charge in [0.05, 0.1) is 11.1 Å². The van der Waals surface area contributed by atoms with E-state index in [0.29, 0.717) is 5.56 Å². The monoisotopic (exact) mass is 206 g/mol. The Morgan fingerprint density at radius 1 is 1.13 bits per heavy atom. The van der Waals surface area contributed by atoms with Crippen LogP contribution in [0.25, 0.3) is 0 Å². The summed E-state index contributed by atoms with van der Waals surface area (Å²) in [6.45, 7) is 0. The van der Waals surface area contributed by atoms with Gasteiger partial charge in [-0.1, -0.05) is 0 Å². The Bertz CT molecular complexity index is 432. The average molecular weight is 206 g/mol. The maximum atomic E-state index is 10.9. The van der Waals surface area contributed by atoms with Gasteiger partial charge in [-0.25, -0.2) is 9.59 Å². The molecule has 15 heavy (non-hydrogen) atoms. The first-order valence-electron chi connectivity index (χ1n) is 4.70. The summed E-state index contributed by atoms with van der Waals surface area (Å²) in [6.07, 6.45) is 1.90. The molecule has 0 radical (unpaired) electrons. The number of benzene rings is 1. The molecule has 0 saturated heterocycles. The summed E-state index contributed by atoms with van der Waals surface area (Å²) in [6, 6.07) is 4.18. The summed E-state index contributed by atoms with van der Waals surface area (Å²) in [7, 11) is 0. The standard InChI is InChI=1S/C11H10O4/c12-10(13)7-3-4-8(11(14)15)9(5-7)6-1-2-6/h3-6H,1-2H2,(H,12,13)(H,14,15). The van der Waals surface area contributed by atoms with Gasteiger partial charge in [-0.15, -0.1) is 0 Å². The number of carbonyl (C=O) groups is 2. The van der Waals surface area contributed by atoms with E-state index in [9.17, 15) is 9.59 Å². The zero-order valence-electron chi connectivity index (χ0n) is 7.93. The minimum absolute atomic E-state index is 0.155. The summed E-state index contributed by atoms with van der Waals surface area (Å²) in [5, 5.41) is 17.7. The van der Waals surface area contributed by atoms with E-state index in [0.717, 1.165) is 12.8 Å². The summed E-state index contributed by atoms with van der Waals surface area (Å²) >= 11 is 0. The van der Waals surface area contributed by atoms with Crippen LogP contribution >= 0.6 is 0 Å². The molecule has 78 valence electrons. The van der Waals surface area contributed by atoms with Gasteiger partial charge >= 0.3 is 11.9 Å². The molecule has 1 aromatic rings. The van der Waals surface area contributed by atoms with E-state index in [1.165, 1.54) is 18.2 Å². The molecule has 2 N–H and O–H groups in total. The number of hydrogen-bond donors (Lipinski definition) is 2. The zero-order valence-corrected chi connectivity index (χ0v) is 7.93. The van der Waals surface area contributed by atoms with Crippen molar-refractivity contribution in [2.75, 3.05) is 0 Å². The molecule has 2 rings (SSSR count). The van der Waals surface area contributed by atoms with E-state index in [2.05, 4.69) is 0 Å². The van der Waals surface area contributed by atoms with Crippen molar-refractivity contribution >= 4 is 11.9 Å². The summed E-state index contributed by atoms with van der Waals surface area (Å²) in [4.78, 5) is 21.6. The van der Waals surface area contributed by atoms with Crippen molar-refractivity contribution in [3.8, 4) is 0 Å². The maximum absolute atomic E-state index is 10.9. The van der Waals surface area contributed by atoms with Gasteiger partial charge in [-0.2, -0.15) is 0 Å². The molecule has 1 fully saturated rings. The molecule has 4 heteroatoms. The van der Waals surface area contributed by atoms with Crippen molar-refractivity contribution in [3.63, 3.8) is 0 Å². The topological polar surface area (TPSA) is 74.6 Å². The van der Waals surface area contributed by atoms with Gasteiger partial charge in [0.2, 0.25) is 0 Å². The van der Waals surface area contributed by atoms with Crippen LogP contribution in [0.3, 0.4) is 0 Å². The molecule has 1 aliphatic rings. The number of rotatable bonds is 3. The minimum atomic E-state index is -1.02. The SMILES string of the molecule is O=C(O)c1ccc(C(=O)O)c(C2CC2)c1. The highest BCUT2D eigenvalue weighted by atomic mass is 16.4. The lowest BCUT2D eigenvalue weighted by atomic mass is 10.0. The van der Waals surface area contributed by atoms with Gasteiger partial charge in [0.1, 0.15) is 0 Å². The van der Waals surface area contributed by atoms with Gasteiger partial charge in [-0.05, 0) is 42.5 Å². The van der Waals surface area contributed by atoms with E-state index in [-0.39, 0.29) is 17.0 Å². The van der Waals surface area contributed by atoms with Gasteiger partial charge in [-0.3, -0.25) is 0 Å². The fraction of sp³-hybridized carbons (Fsp3) is 0.273. The average Bonchev–Trinajstić information content (AvgIpc) is 2.99. The summed E-state index contributed by atoms with van der Waals surface area (Å²) in [5.74, 6) is -1.78. The molecule has 0 aromatic heterocycles. The third-order valence-electron chi connectivity index (χ3n) is 2.55. The van der Waals surface area contributed by atoms with Crippen LogP contribution in [0, 0.1) is 0 Å². The molecule has 1 aliphatic carbocycles. The van der Waals surface area contributed by atoms with E-state index in [1.54, 1.807) is 0 Å². The highest BCUT2D eigenvalue weighted by molar-refractivity contribution is 5.93. The van der Waals surface area contributed by atoms with Crippen LogP contribution in [0.1, 0.15) is 45.0 Å². The van der Waals surface area contributed by atoms with E-state index < -0.39 is 11.9 Å². The molecule has 0 bridgehead atoms. The molecule has 4 nitrogen and oxygen atoms in total. The van der Waals surface area contributed by atoms with E-state index >= 15 is 0 Å². The Morgan fingerprint density at radius 2 is 1.80 bits per heavy atom. The molecule has 0 atom stereocenters. The van der Waals surface area contributed by atoms with E-state index in [1.807, 2.05) is 0 Å². The molecule has 0 unspecified atom stereocenters. The molecular formula is C11H10O4. The fourth-order valence-corrected chi connectivity index (χ4v) is 1.62. The smallest absolute Gasteiger partial charge is 0.335 e. The van der Waals surface area contributed by atoms with Crippen LogP contribution in [-0.4, -0.2) is 22.2 Å². The minimum Gasteiger partial charge on any atom is -0.478 e. The summed E-state index contributed by atoms with van der Waals surface area (Å²) < 4.78 is 0. The van der Waals surface area contributed by atoms with Crippen LogP contribution in [0.15, 0.2) is 18.2 Å². The van der Waals surface area contributed by atoms with Crippen molar-refractivity contribution in [2.24, 2.45) is 0 Å². The zero-order chi connectivity index (χ0) is 11.0. The Labute approximate surface area is 86.2 Å². The van der Waals surface area contributed by atoms with Crippen LogP contribution in [0.2, 0.25) is 0 Å². The lowest BCUT2D eigenvalue weighted by Crippen LogP contribution is -2.05. The van der Waals surface area contributed by atoms with Gasteiger partial charge < -0.3 is 10.2 Å². The van der Waals surface area contributed by atoms with Crippen LogP contribution in [0.4, 0.5) is 0 Å². The number of aromatic carboxylic acids is 2. The van der Waals surface area contributed by atoms with Crippen LogP contribution in [0.5, 0.6) is 0 Å². The highest BCUT2D eigenvalue weighted by Crippen LogP contribution is 2.42. The largest absolute Gasteiger partial charge is 0.478 e. The maximum Gasteiger partial charge on any atom is 0.335 e. The first-order chi connectivity index (χ1) is 7.09. The predicted molar refractivity (Wildman–Crippen MR) is 52.3 cm³/mol. The quantitative estimate of drug-likeness (QED) is 0.792. The van der Waals surface area contributed by atoms with Crippen molar-refractivity contribution in [1.29, 1.82) is 0 Å². The van der Waals surface area contributed by atoms with Crippen molar-refractivity contribution in [1.82, 2.24) is 0 Å². The van der Waals surface area contributed by atoms with Gasteiger partial charge in [0, 0.05) is 0 Å². The number of carboxylic acids is 2. The van der Waals surface area contributed by atoms with E-state index in [4.69, 9.17) is 10.2 Å². The number of hydrogen-bond acceptors (Lipinski definition) is 2. The molecule has 0 aliphatic heterocycles. The first kappa shape index (κ1) is 9.71. The van der Waals surface area contributed by atoms with Crippen molar-refractivity contribution in [2.45, 2.75) is 18.8 Å². The molecule has 1 aromatic carbocycles. The molecule has 1 saturated carbocycles. The third kappa shape index (κ3) is 1.83. The summed E-state index contributed by atoms with van der Waals surface area (Å²) in [5.41, 5.74) is 1.03. The highest BCUT2D eigenvalue weighted by Gasteiger charge is 2.28. The lowest BCUT2D eigenvalue weighted by Gasteiger charge is -2.05. The molecule has 0 amide bonds. The van der Waals surface area contributed by atoms with Gasteiger partial charge in [0.15, 0.2) is 0 Å². The Balaban J connectivity index is 2.48. The molecule has 0 spiro atoms. The first-order valence-corrected chi connectivity index (χ1v) is 4.70.